The number of hydrogen-bond acceptors (Lipinski definition) is 1. The summed E-state index contributed by atoms with van der Waals surface area (Å²) in [5.41, 5.74) is 2.02. The topological polar surface area (TPSA) is 17.1 Å². The van der Waals surface area contributed by atoms with Crippen molar-refractivity contribution in [3.63, 3.8) is 0 Å². The minimum atomic E-state index is 0.0377. The Labute approximate surface area is 129 Å². The lowest BCUT2D eigenvalue weighted by atomic mass is 9.45. The molecule has 0 bridgehead atoms. The molecule has 116 valence electrons. The first-order chi connectivity index (χ1) is 9.95. The molecule has 0 N–H and O–H groups in total. The van der Waals surface area contributed by atoms with Crippen LogP contribution in [0.1, 0.15) is 71.6 Å². The number of carbonyl (C=O) groups is 1. The fourth-order valence-corrected chi connectivity index (χ4v) is 7.06. The van der Waals surface area contributed by atoms with E-state index in [2.05, 4.69) is 20.4 Å². The summed E-state index contributed by atoms with van der Waals surface area (Å²) in [6.07, 6.45) is 11.2. The van der Waals surface area contributed by atoms with E-state index in [1.54, 1.807) is 0 Å². The van der Waals surface area contributed by atoms with Crippen LogP contribution in [0.4, 0.5) is 0 Å². The molecule has 21 heavy (non-hydrogen) atoms. The molecule has 0 spiro atoms. The van der Waals surface area contributed by atoms with E-state index in [0.29, 0.717) is 17.1 Å². The van der Waals surface area contributed by atoms with Gasteiger partial charge in [-0.3, -0.25) is 4.79 Å². The maximum absolute atomic E-state index is 12.4. The molecule has 0 aromatic heterocycles. The summed E-state index contributed by atoms with van der Waals surface area (Å²) in [6, 6.07) is 0. The van der Waals surface area contributed by atoms with Crippen molar-refractivity contribution in [2.75, 3.05) is 0 Å². The van der Waals surface area contributed by atoms with E-state index in [0.717, 1.165) is 30.6 Å². The summed E-state index contributed by atoms with van der Waals surface area (Å²) >= 11 is 0. The number of allylic oxidation sites excluding steroid dienone is 1. The molecule has 4 rings (SSSR count). The fourth-order valence-electron chi connectivity index (χ4n) is 7.06. The number of hydrogen-bond donors (Lipinski definition) is 0. The quantitative estimate of drug-likeness (QED) is 0.562. The highest BCUT2D eigenvalue weighted by molar-refractivity contribution is 5.87. The molecular weight excluding hydrogens is 256 g/mol. The van der Waals surface area contributed by atoms with Crippen LogP contribution in [0.3, 0.4) is 0 Å². The van der Waals surface area contributed by atoms with E-state index in [1.807, 2.05) is 0 Å². The molecule has 4 aliphatic rings. The van der Waals surface area contributed by atoms with Gasteiger partial charge >= 0.3 is 0 Å². The second-order valence-electron chi connectivity index (χ2n) is 9.04. The fraction of sp³-hybridized carbons (Fsp3) is 0.850. The van der Waals surface area contributed by atoms with Crippen LogP contribution in [0.5, 0.6) is 0 Å². The lowest BCUT2D eigenvalue weighted by Gasteiger charge is -2.59. The molecule has 1 nitrogen and oxygen atoms in total. The summed E-state index contributed by atoms with van der Waals surface area (Å²) in [6.45, 7) is 9.18. The van der Waals surface area contributed by atoms with Crippen molar-refractivity contribution >= 4 is 5.78 Å². The van der Waals surface area contributed by atoms with E-state index in [4.69, 9.17) is 0 Å². The Morgan fingerprint density at radius 3 is 2.62 bits per heavy atom. The lowest BCUT2D eigenvalue weighted by Crippen LogP contribution is -2.53. The molecule has 4 saturated carbocycles. The van der Waals surface area contributed by atoms with Gasteiger partial charge in [-0.1, -0.05) is 26.0 Å². The van der Waals surface area contributed by atoms with Gasteiger partial charge < -0.3 is 0 Å². The van der Waals surface area contributed by atoms with Crippen LogP contribution < -0.4 is 0 Å². The van der Waals surface area contributed by atoms with Crippen LogP contribution in [0.2, 0.25) is 0 Å². The van der Waals surface area contributed by atoms with Crippen LogP contribution >= 0.6 is 0 Å². The Hall–Kier alpha value is -0.590. The molecule has 6 atom stereocenters. The van der Waals surface area contributed by atoms with Crippen LogP contribution in [0.25, 0.3) is 0 Å². The van der Waals surface area contributed by atoms with Gasteiger partial charge in [-0.05, 0) is 80.5 Å². The third-order valence-corrected chi connectivity index (χ3v) is 8.25. The number of ketones is 1. The van der Waals surface area contributed by atoms with Gasteiger partial charge in [-0.15, -0.1) is 0 Å². The van der Waals surface area contributed by atoms with Gasteiger partial charge in [0.15, 0.2) is 0 Å². The molecule has 0 aromatic carbocycles. The zero-order valence-electron chi connectivity index (χ0n) is 13.8. The normalized spacial score (nSPS) is 53.0. The molecule has 0 radical (unpaired) electrons. The van der Waals surface area contributed by atoms with Crippen molar-refractivity contribution in [1.29, 1.82) is 0 Å². The molecule has 0 aromatic rings. The van der Waals surface area contributed by atoms with Crippen molar-refractivity contribution in [1.82, 2.24) is 0 Å². The highest BCUT2D eigenvalue weighted by atomic mass is 16.1. The second-order valence-corrected chi connectivity index (χ2v) is 9.04. The molecule has 0 heterocycles. The standard InChI is InChI=1S/C20H30O/c1-13-4-5-14-6-7-15-16-8-9-18(21)19(16,2)11-10-17(15)20(14,3)12-13/h14-17H,1,4-12H2,2-3H3/t14?,15-,16-,17+,19-,20-/m0/s1. The third kappa shape index (κ3) is 1.79. The smallest absolute Gasteiger partial charge is 0.139 e. The van der Waals surface area contributed by atoms with Crippen LogP contribution in [0.15, 0.2) is 12.2 Å². The van der Waals surface area contributed by atoms with Gasteiger partial charge in [-0.25, -0.2) is 0 Å². The average Bonchev–Trinajstić information content (AvgIpc) is 2.74. The molecule has 0 aliphatic heterocycles. The predicted molar refractivity (Wildman–Crippen MR) is 85.9 cm³/mol. The maximum atomic E-state index is 12.4. The average molecular weight is 286 g/mol. The molecular formula is C20H30O. The number of fused-ring (bicyclic) bond motifs is 5. The van der Waals surface area contributed by atoms with Gasteiger partial charge in [0.05, 0.1) is 0 Å². The van der Waals surface area contributed by atoms with Gasteiger partial charge in [0.25, 0.3) is 0 Å². The largest absolute Gasteiger partial charge is 0.299 e. The Kier molecular flexibility index (Phi) is 2.98. The molecule has 0 saturated heterocycles. The highest BCUT2D eigenvalue weighted by Gasteiger charge is 2.59. The predicted octanol–water partition coefficient (Wildman–Crippen LogP) is 5.15. The van der Waals surface area contributed by atoms with Crippen molar-refractivity contribution in [2.24, 2.45) is 34.5 Å². The Balaban J connectivity index is 1.67. The summed E-state index contributed by atoms with van der Waals surface area (Å²) in [4.78, 5) is 12.4. The zero-order valence-corrected chi connectivity index (χ0v) is 13.8. The van der Waals surface area contributed by atoms with Crippen molar-refractivity contribution in [3.05, 3.63) is 12.2 Å². The Morgan fingerprint density at radius 2 is 1.81 bits per heavy atom. The maximum Gasteiger partial charge on any atom is 0.139 e. The summed E-state index contributed by atoms with van der Waals surface area (Å²) in [7, 11) is 0. The third-order valence-electron chi connectivity index (χ3n) is 8.25. The Bertz CT molecular complexity index is 492. The minimum Gasteiger partial charge on any atom is -0.299 e. The summed E-state index contributed by atoms with van der Waals surface area (Å²) in [5.74, 6) is 3.87. The minimum absolute atomic E-state index is 0.0377. The SMILES string of the molecule is C=C1CCC2CC[C@@H]3[C@@H](CC[C@]4(C)C(=O)CC[C@@H]34)[C@@]2(C)C1. The first-order valence-corrected chi connectivity index (χ1v) is 9.15. The van der Waals surface area contributed by atoms with Crippen LogP contribution in [-0.4, -0.2) is 5.78 Å². The number of carbonyl (C=O) groups excluding carboxylic acids is 1. The highest BCUT2D eigenvalue weighted by Crippen LogP contribution is 2.65. The van der Waals surface area contributed by atoms with E-state index >= 15 is 0 Å². The van der Waals surface area contributed by atoms with E-state index in [1.165, 1.54) is 50.5 Å². The van der Waals surface area contributed by atoms with Gasteiger partial charge in [0, 0.05) is 11.8 Å². The van der Waals surface area contributed by atoms with Crippen molar-refractivity contribution < 1.29 is 4.79 Å². The van der Waals surface area contributed by atoms with Crippen LogP contribution in [0, 0.1) is 34.5 Å². The molecule has 4 aliphatic carbocycles. The van der Waals surface area contributed by atoms with Crippen molar-refractivity contribution in [3.8, 4) is 0 Å². The molecule has 0 amide bonds. The number of rotatable bonds is 0. The zero-order chi connectivity index (χ0) is 14.8. The van der Waals surface area contributed by atoms with Gasteiger partial charge in [-0.2, -0.15) is 0 Å². The summed E-state index contributed by atoms with van der Waals surface area (Å²) < 4.78 is 0. The van der Waals surface area contributed by atoms with Gasteiger partial charge in [0.1, 0.15) is 5.78 Å². The molecule has 1 heteroatoms. The summed E-state index contributed by atoms with van der Waals surface area (Å²) in [5, 5.41) is 0. The number of Topliss-reactive ketones (excluding diaryl/α,β-unsaturated/α-hetero) is 1. The van der Waals surface area contributed by atoms with Crippen molar-refractivity contribution in [2.45, 2.75) is 71.6 Å². The van der Waals surface area contributed by atoms with Gasteiger partial charge in [0.2, 0.25) is 0 Å². The second kappa shape index (κ2) is 4.46. The Morgan fingerprint density at radius 1 is 1.00 bits per heavy atom. The van der Waals surface area contributed by atoms with Crippen LogP contribution in [-0.2, 0) is 4.79 Å². The monoisotopic (exact) mass is 286 g/mol. The van der Waals surface area contributed by atoms with E-state index in [-0.39, 0.29) is 5.41 Å². The lowest BCUT2D eigenvalue weighted by molar-refractivity contribution is -0.137. The van der Waals surface area contributed by atoms with E-state index in [9.17, 15) is 4.79 Å². The van der Waals surface area contributed by atoms with E-state index < -0.39 is 0 Å². The molecule has 1 unspecified atom stereocenters. The first-order valence-electron chi connectivity index (χ1n) is 9.15. The molecule has 4 fully saturated rings. The first kappa shape index (κ1) is 14.0.